The van der Waals surface area contributed by atoms with Crippen LogP contribution in [-0.2, 0) is 4.79 Å². The first kappa shape index (κ1) is 10.5. The highest BCUT2D eigenvalue weighted by molar-refractivity contribution is 5.98. The van der Waals surface area contributed by atoms with Crippen molar-refractivity contribution in [2.75, 3.05) is 0 Å². The minimum atomic E-state index is -0.903. The predicted molar refractivity (Wildman–Crippen MR) is 52.3 cm³/mol. The normalized spacial score (nSPS) is 30.8. The second-order valence-electron chi connectivity index (χ2n) is 4.57. The first-order valence-corrected chi connectivity index (χ1v) is 4.79. The molecule has 0 aromatic carbocycles. The fourth-order valence-electron chi connectivity index (χ4n) is 1.86. The second kappa shape index (κ2) is 3.26. The molecule has 0 aliphatic heterocycles. The minimum Gasteiger partial charge on any atom is -0.390 e. The predicted octanol–water partition coefficient (Wildman–Crippen LogP) is 1.93. The summed E-state index contributed by atoms with van der Waals surface area (Å²) < 4.78 is 0. The molecule has 1 N–H and O–H groups in total. The highest BCUT2D eigenvalue weighted by atomic mass is 16.3. The summed E-state index contributed by atoms with van der Waals surface area (Å²) in [5.74, 6) is 0.0774. The van der Waals surface area contributed by atoms with Gasteiger partial charge in [-0.3, -0.25) is 4.79 Å². The van der Waals surface area contributed by atoms with E-state index in [0.717, 1.165) is 12.8 Å². The molecule has 0 saturated heterocycles. The van der Waals surface area contributed by atoms with Crippen LogP contribution in [0.2, 0.25) is 0 Å². The zero-order chi connectivity index (χ0) is 10.2. The van der Waals surface area contributed by atoms with Gasteiger partial charge in [0.1, 0.15) is 0 Å². The Morgan fingerprint density at radius 1 is 1.46 bits per heavy atom. The number of hydrogen-bond acceptors (Lipinski definition) is 2. The molecule has 0 heterocycles. The van der Waals surface area contributed by atoms with Crippen molar-refractivity contribution in [3.8, 4) is 0 Å². The Kier molecular flexibility index (Phi) is 2.62. The Morgan fingerprint density at radius 3 is 2.46 bits per heavy atom. The van der Waals surface area contributed by atoms with Crippen LogP contribution < -0.4 is 0 Å². The van der Waals surface area contributed by atoms with Crippen LogP contribution in [0.25, 0.3) is 0 Å². The van der Waals surface area contributed by atoms with Crippen LogP contribution >= 0.6 is 0 Å². The molecule has 1 fully saturated rings. The van der Waals surface area contributed by atoms with Crippen molar-refractivity contribution in [2.24, 2.45) is 11.8 Å². The first-order chi connectivity index (χ1) is 5.84. The van der Waals surface area contributed by atoms with Gasteiger partial charge in [0.2, 0.25) is 0 Å². The molecule has 1 aliphatic carbocycles. The lowest BCUT2D eigenvalue weighted by atomic mass is 9.72. The van der Waals surface area contributed by atoms with Gasteiger partial charge >= 0.3 is 0 Å². The third-order valence-corrected chi connectivity index (χ3v) is 2.97. The smallest absolute Gasteiger partial charge is 0.164 e. The lowest BCUT2D eigenvalue weighted by Crippen LogP contribution is -2.41. The maximum absolute atomic E-state index is 11.7. The molecule has 0 bridgehead atoms. The Bertz CT molecular complexity index is 235. The maximum Gasteiger partial charge on any atom is 0.164 e. The lowest BCUT2D eigenvalue weighted by Gasteiger charge is -2.34. The summed E-state index contributed by atoms with van der Waals surface area (Å²) >= 11 is 0. The molecule has 1 aliphatic rings. The van der Waals surface area contributed by atoms with Gasteiger partial charge < -0.3 is 5.11 Å². The highest BCUT2D eigenvalue weighted by Gasteiger charge is 2.38. The van der Waals surface area contributed by atoms with E-state index in [1.54, 1.807) is 13.8 Å². The van der Waals surface area contributed by atoms with E-state index in [1.807, 2.05) is 6.92 Å². The maximum atomic E-state index is 11.7. The monoisotopic (exact) mass is 182 g/mol. The summed E-state index contributed by atoms with van der Waals surface area (Å²) in [5.41, 5.74) is -0.224. The molecule has 13 heavy (non-hydrogen) atoms. The largest absolute Gasteiger partial charge is 0.390 e. The molecule has 0 radical (unpaired) electrons. The molecule has 0 aromatic rings. The number of allylic oxidation sites excluding steroid dienone is 1. The minimum absolute atomic E-state index is 0.0475. The summed E-state index contributed by atoms with van der Waals surface area (Å²) in [6.45, 7) is 9.18. The molecule has 1 saturated carbocycles. The number of ketones is 1. The average Bonchev–Trinajstić information content (AvgIpc) is 1.98. The summed E-state index contributed by atoms with van der Waals surface area (Å²) in [7, 11) is 0. The number of hydrogen-bond donors (Lipinski definition) is 1. The third kappa shape index (κ3) is 1.99. The Hall–Kier alpha value is -0.630. The number of Topliss-reactive ketones (excluding diaryl/α,β-unsaturated/α-hetero) is 1. The summed E-state index contributed by atoms with van der Waals surface area (Å²) in [4.78, 5) is 11.7. The molecule has 2 heteroatoms. The van der Waals surface area contributed by atoms with Crippen molar-refractivity contribution in [3.63, 3.8) is 0 Å². The van der Waals surface area contributed by atoms with E-state index in [4.69, 9.17) is 0 Å². The van der Waals surface area contributed by atoms with E-state index >= 15 is 0 Å². The van der Waals surface area contributed by atoms with E-state index in [-0.39, 0.29) is 17.6 Å². The Morgan fingerprint density at radius 2 is 2.00 bits per heavy atom. The molecule has 2 atom stereocenters. The fraction of sp³-hybridized carbons (Fsp3) is 0.727. The molecule has 2 unspecified atom stereocenters. The molecule has 74 valence electrons. The fourth-order valence-corrected chi connectivity index (χ4v) is 1.86. The quantitative estimate of drug-likeness (QED) is 0.629. The second-order valence-corrected chi connectivity index (χ2v) is 4.57. The van der Waals surface area contributed by atoms with Gasteiger partial charge in [-0.15, -0.1) is 0 Å². The van der Waals surface area contributed by atoms with Crippen molar-refractivity contribution in [1.82, 2.24) is 0 Å². The number of carbonyl (C=O) groups excluding carboxylic acids is 1. The molecule has 0 aromatic heterocycles. The van der Waals surface area contributed by atoms with Gasteiger partial charge in [0.25, 0.3) is 0 Å². The molecular weight excluding hydrogens is 164 g/mol. The van der Waals surface area contributed by atoms with Gasteiger partial charge in [0.15, 0.2) is 5.78 Å². The molecular formula is C11H18O2. The summed E-state index contributed by atoms with van der Waals surface area (Å²) in [5, 5.41) is 9.75. The number of aliphatic hydroxyl groups is 1. The number of carbonyl (C=O) groups is 1. The van der Waals surface area contributed by atoms with Gasteiger partial charge in [-0.2, -0.15) is 0 Å². The van der Waals surface area contributed by atoms with Crippen LogP contribution in [0.5, 0.6) is 0 Å². The van der Waals surface area contributed by atoms with Crippen molar-refractivity contribution in [2.45, 2.75) is 39.2 Å². The van der Waals surface area contributed by atoms with Crippen LogP contribution in [-0.4, -0.2) is 16.5 Å². The van der Waals surface area contributed by atoms with Crippen molar-refractivity contribution in [1.29, 1.82) is 0 Å². The number of rotatable bonds is 1. The van der Waals surface area contributed by atoms with Gasteiger partial charge in [-0.25, -0.2) is 0 Å². The van der Waals surface area contributed by atoms with Gasteiger partial charge in [-0.1, -0.05) is 13.5 Å². The topological polar surface area (TPSA) is 37.3 Å². The zero-order valence-corrected chi connectivity index (χ0v) is 8.63. The SMILES string of the molecule is C=C1C(=O)C(C(C)(C)O)CCC1C. The molecule has 1 rings (SSSR count). The highest BCUT2D eigenvalue weighted by Crippen LogP contribution is 2.34. The zero-order valence-electron chi connectivity index (χ0n) is 8.63. The van der Waals surface area contributed by atoms with Crippen LogP contribution in [0.1, 0.15) is 33.6 Å². The summed E-state index contributed by atoms with van der Waals surface area (Å²) in [6, 6.07) is 0. The molecule has 2 nitrogen and oxygen atoms in total. The third-order valence-electron chi connectivity index (χ3n) is 2.97. The van der Waals surface area contributed by atoms with Gasteiger partial charge in [0, 0.05) is 0 Å². The van der Waals surface area contributed by atoms with Crippen LogP contribution in [0, 0.1) is 11.8 Å². The lowest BCUT2D eigenvalue weighted by molar-refractivity contribution is -0.129. The standard InChI is InChI=1S/C11H18O2/c1-7-5-6-9(11(3,4)13)10(12)8(7)2/h7,9,13H,2,5-6H2,1,3-4H3. The van der Waals surface area contributed by atoms with Gasteiger partial charge in [0.05, 0.1) is 11.5 Å². The van der Waals surface area contributed by atoms with E-state index in [9.17, 15) is 9.90 Å². The summed E-state index contributed by atoms with van der Waals surface area (Å²) in [6.07, 6.45) is 1.74. The van der Waals surface area contributed by atoms with E-state index in [0.29, 0.717) is 5.57 Å². The van der Waals surface area contributed by atoms with Crippen LogP contribution in [0.4, 0.5) is 0 Å². The van der Waals surface area contributed by atoms with Crippen molar-refractivity contribution < 1.29 is 9.90 Å². The Balaban J connectivity index is 2.82. The van der Waals surface area contributed by atoms with Crippen molar-refractivity contribution >= 4 is 5.78 Å². The Labute approximate surface area is 79.6 Å². The average molecular weight is 182 g/mol. The van der Waals surface area contributed by atoms with E-state index in [2.05, 4.69) is 6.58 Å². The molecule has 0 spiro atoms. The molecule has 0 amide bonds. The van der Waals surface area contributed by atoms with E-state index < -0.39 is 5.60 Å². The van der Waals surface area contributed by atoms with Crippen LogP contribution in [0.3, 0.4) is 0 Å². The van der Waals surface area contributed by atoms with E-state index in [1.165, 1.54) is 0 Å². The van der Waals surface area contributed by atoms with Gasteiger partial charge in [-0.05, 0) is 38.2 Å². The van der Waals surface area contributed by atoms with Crippen molar-refractivity contribution in [3.05, 3.63) is 12.2 Å². The first-order valence-electron chi connectivity index (χ1n) is 4.79. The van der Waals surface area contributed by atoms with Crippen LogP contribution in [0.15, 0.2) is 12.2 Å².